The van der Waals surface area contributed by atoms with Gasteiger partial charge in [0.05, 0.1) is 19.3 Å². The number of nitrogens with zero attached hydrogens (tertiary/aromatic N) is 2. The molecular formula is C13H19N3OS. The average Bonchev–Trinajstić information content (AvgIpc) is 2.98. The molecule has 2 rings (SSSR count). The van der Waals surface area contributed by atoms with Gasteiger partial charge in [-0.05, 0) is 30.5 Å². The maximum Gasteiger partial charge on any atom is 0.161 e. The fourth-order valence-electron chi connectivity index (χ4n) is 2.20. The van der Waals surface area contributed by atoms with Gasteiger partial charge < -0.3 is 10.1 Å². The number of hydrogen-bond acceptors (Lipinski definition) is 4. The van der Waals surface area contributed by atoms with Crippen molar-refractivity contribution in [3.63, 3.8) is 0 Å². The molecule has 0 fully saturated rings. The number of nitrogens with one attached hydrogen (secondary N) is 1. The van der Waals surface area contributed by atoms with Crippen LogP contribution in [0.5, 0.6) is 5.75 Å². The Kier molecular flexibility index (Phi) is 4.04. The molecule has 98 valence electrons. The van der Waals surface area contributed by atoms with Crippen LogP contribution >= 0.6 is 11.3 Å². The van der Waals surface area contributed by atoms with Crippen molar-refractivity contribution in [2.24, 2.45) is 7.05 Å². The molecule has 2 aromatic rings. The van der Waals surface area contributed by atoms with Gasteiger partial charge in [0.2, 0.25) is 0 Å². The number of hydrogen-bond donors (Lipinski definition) is 1. The number of methoxy groups -OCH3 is 1. The third-order valence-corrected chi connectivity index (χ3v) is 4.18. The van der Waals surface area contributed by atoms with Gasteiger partial charge in [-0.2, -0.15) is 5.10 Å². The van der Waals surface area contributed by atoms with E-state index >= 15 is 0 Å². The van der Waals surface area contributed by atoms with Crippen LogP contribution in [0.15, 0.2) is 17.6 Å². The van der Waals surface area contributed by atoms with Crippen molar-refractivity contribution in [2.45, 2.75) is 19.4 Å². The van der Waals surface area contributed by atoms with Crippen LogP contribution in [0.1, 0.15) is 29.1 Å². The minimum atomic E-state index is 0.127. The highest BCUT2D eigenvalue weighted by molar-refractivity contribution is 7.10. The zero-order chi connectivity index (χ0) is 13.1. The summed E-state index contributed by atoms with van der Waals surface area (Å²) < 4.78 is 7.28. The molecule has 0 aliphatic rings. The lowest BCUT2D eigenvalue weighted by Gasteiger charge is -2.18. The zero-order valence-corrected chi connectivity index (χ0v) is 12.0. The average molecular weight is 265 g/mol. The zero-order valence-electron chi connectivity index (χ0n) is 11.2. The standard InChI is InChI=1S/C13H19N3OS/c1-5-9-6-7-18-13(9)11(14-2)12-10(17-4)8-15-16(12)3/h6-8,11,14H,5H2,1-4H3. The Morgan fingerprint density at radius 2 is 2.33 bits per heavy atom. The molecule has 1 unspecified atom stereocenters. The maximum atomic E-state index is 5.40. The van der Waals surface area contributed by atoms with Crippen LogP contribution in [0.2, 0.25) is 0 Å². The summed E-state index contributed by atoms with van der Waals surface area (Å²) in [7, 11) is 5.60. The molecule has 1 N–H and O–H groups in total. The molecule has 4 nitrogen and oxygen atoms in total. The number of rotatable bonds is 5. The van der Waals surface area contributed by atoms with E-state index in [1.54, 1.807) is 24.6 Å². The highest BCUT2D eigenvalue weighted by Gasteiger charge is 2.23. The summed E-state index contributed by atoms with van der Waals surface area (Å²) in [5.41, 5.74) is 2.44. The third kappa shape index (κ3) is 2.15. The van der Waals surface area contributed by atoms with Crippen LogP contribution in [0.25, 0.3) is 0 Å². The summed E-state index contributed by atoms with van der Waals surface area (Å²) in [5.74, 6) is 0.826. The van der Waals surface area contributed by atoms with Crippen LogP contribution in [-0.2, 0) is 13.5 Å². The summed E-state index contributed by atoms with van der Waals surface area (Å²) in [6.45, 7) is 2.18. The lowest BCUT2D eigenvalue weighted by Crippen LogP contribution is -2.21. The van der Waals surface area contributed by atoms with Crippen LogP contribution in [-0.4, -0.2) is 23.9 Å². The Morgan fingerprint density at radius 3 is 2.94 bits per heavy atom. The first kappa shape index (κ1) is 13.1. The second-order valence-electron chi connectivity index (χ2n) is 4.11. The van der Waals surface area contributed by atoms with Crippen molar-refractivity contribution in [3.05, 3.63) is 33.8 Å². The molecule has 0 aliphatic carbocycles. The molecule has 1 atom stereocenters. The van der Waals surface area contributed by atoms with Crippen LogP contribution < -0.4 is 10.1 Å². The molecule has 18 heavy (non-hydrogen) atoms. The summed E-state index contributed by atoms with van der Waals surface area (Å²) in [4.78, 5) is 1.34. The van der Waals surface area contributed by atoms with E-state index in [-0.39, 0.29) is 6.04 Å². The minimum absolute atomic E-state index is 0.127. The highest BCUT2D eigenvalue weighted by atomic mass is 32.1. The van der Waals surface area contributed by atoms with Gasteiger partial charge in [-0.25, -0.2) is 0 Å². The monoisotopic (exact) mass is 265 g/mol. The number of aryl methyl sites for hydroxylation is 2. The Morgan fingerprint density at radius 1 is 1.56 bits per heavy atom. The Labute approximate surface area is 112 Å². The Balaban J connectivity index is 2.48. The SMILES string of the molecule is CCc1ccsc1C(NC)c1c(OC)cnn1C. The Bertz CT molecular complexity index is 518. The fraction of sp³-hybridized carbons (Fsp3) is 0.462. The van der Waals surface area contributed by atoms with Gasteiger partial charge in [0.1, 0.15) is 5.69 Å². The largest absolute Gasteiger partial charge is 0.493 e. The van der Waals surface area contributed by atoms with E-state index in [0.717, 1.165) is 17.9 Å². The molecule has 0 aromatic carbocycles. The minimum Gasteiger partial charge on any atom is -0.493 e. The molecule has 0 amide bonds. The maximum absolute atomic E-state index is 5.40. The van der Waals surface area contributed by atoms with Crippen LogP contribution in [0, 0.1) is 0 Å². The lowest BCUT2D eigenvalue weighted by atomic mass is 10.1. The Hall–Kier alpha value is -1.33. The molecule has 0 spiro atoms. The molecule has 5 heteroatoms. The van der Waals surface area contributed by atoms with E-state index in [4.69, 9.17) is 4.74 Å². The van der Waals surface area contributed by atoms with Crippen molar-refractivity contribution >= 4 is 11.3 Å². The van der Waals surface area contributed by atoms with E-state index in [1.165, 1.54) is 10.4 Å². The smallest absolute Gasteiger partial charge is 0.161 e. The molecule has 2 aromatic heterocycles. The lowest BCUT2D eigenvalue weighted by molar-refractivity contribution is 0.403. The summed E-state index contributed by atoms with van der Waals surface area (Å²) in [6, 6.07) is 2.31. The molecule has 0 aliphatic heterocycles. The first-order valence-corrected chi connectivity index (χ1v) is 6.90. The summed E-state index contributed by atoms with van der Waals surface area (Å²) in [6.07, 6.45) is 2.80. The van der Waals surface area contributed by atoms with Crippen molar-refractivity contribution in [3.8, 4) is 5.75 Å². The first-order chi connectivity index (χ1) is 8.72. The summed E-state index contributed by atoms with van der Waals surface area (Å²) in [5, 5.41) is 9.78. The van der Waals surface area contributed by atoms with Gasteiger partial charge in [-0.3, -0.25) is 4.68 Å². The number of aromatic nitrogens is 2. The second kappa shape index (κ2) is 5.54. The second-order valence-corrected chi connectivity index (χ2v) is 5.05. The van der Waals surface area contributed by atoms with Gasteiger partial charge in [0.25, 0.3) is 0 Å². The van der Waals surface area contributed by atoms with Gasteiger partial charge >= 0.3 is 0 Å². The van der Waals surface area contributed by atoms with E-state index in [9.17, 15) is 0 Å². The van der Waals surface area contributed by atoms with E-state index in [2.05, 4.69) is 28.8 Å². The molecule has 2 heterocycles. The van der Waals surface area contributed by atoms with Gasteiger partial charge in [0.15, 0.2) is 5.75 Å². The predicted molar refractivity (Wildman–Crippen MR) is 74.4 cm³/mol. The molecule has 0 saturated heterocycles. The molecule has 0 bridgehead atoms. The highest BCUT2D eigenvalue weighted by Crippen LogP contribution is 2.34. The molecule has 0 saturated carbocycles. The van der Waals surface area contributed by atoms with Gasteiger partial charge in [0, 0.05) is 11.9 Å². The van der Waals surface area contributed by atoms with Crippen molar-refractivity contribution in [1.82, 2.24) is 15.1 Å². The van der Waals surface area contributed by atoms with Crippen molar-refractivity contribution in [2.75, 3.05) is 14.2 Å². The van der Waals surface area contributed by atoms with Crippen molar-refractivity contribution < 1.29 is 4.74 Å². The van der Waals surface area contributed by atoms with Gasteiger partial charge in [-0.15, -0.1) is 11.3 Å². The quantitative estimate of drug-likeness (QED) is 0.902. The van der Waals surface area contributed by atoms with E-state index < -0.39 is 0 Å². The normalized spacial score (nSPS) is 12.7. The van der Waals surface area contributed by atoms with E-state index in [0.29, 0.717) is 0 Å². The molecule has 0 radical (unpaired) electrons. The fourth-order valence-corrected chi connectivity index (χ4v) is 3.31. The van der Waals surface area contributed by atoms with Crippen LogP contribution in [0.3, 0.4) is 0 Å². The topological polar surface area (TPSA) is 39.1 Å². The first-order valence-electron chi connectivity index (χ1n) is 6.02. The third-order valence-electron chi connectivity index (χ3n) is 3.16. The summed E-state index contributed by atoms with van der Waals surface area (Å²) >= 11 is 1.77. The van der Waals surface area contributed by atoms with Crippen LogP contribution in [0.4, 0.5) is 0 Å². The van der Waals surface area contributed by atoms with E-state index in [1.807, 2.05) is 18.8 Å². The van der Waals surface area contributed by atoms with Gasteiger partial charge in [-0.1, -0.05) is 6.92 Å². The van der Waals surface area contributed by atoms with Crippen molar-refractivity contribution in [1.29, 1.82) is 0 Å². The predicted octanol–water partition coefficient (Wildman–Crippen LogP) is 2.36. The number of ether oxygens (including phenoxy) is 1. The number of thiophene rings is 1. The molecular weight excluding hydrogens is 246 g/mol.